The zero-order valence-electron chi connectivity index (χ0n) is 14.6. The van der Waals surface area contributed by atoms with Crippen LogP contribution in [-0.4, -0.2) is 37.2 Å². The Morgan fingerprint density at radius 3 is 2.35 bits per heavy atom. The summed E-state index contributed by atoms with van der Waals surface area (Å²) in [5, 5.41) is 0. The summed E-state index contributed by atoms with van der Waals surface area (Å²) in [4.78, 5) is 23.8. The molecule has 6 heteroatoms. The Hall–Kier alpha value is -3.02. The highest BCUT2D eigenvalue weighted by Gasteiger charge is 2.35. The summed E-state index contributed by atoms with van der Waals surface area (Å²) in [5.74, 6) is 0.983. The Labute approximate surface area is 151 Å². The molecule has 0 spiro atoms. The predicted molar refractivity (Wildman–Crippen MR) is 93.8 cm³/mol. The normalized spacial score (nSPS) is 18.1. The van der Waals surface area contributed by atoms with Crippen LogP contribution in [0.3, 0.4) is 0 Å². The number of hydrogen-bond acceptors (Lipinski definition) is 6. The Balaban J connectivity index is 1.51. The van der Waals surface area contributed by atoms with Gasteiger partial charge in [-0.05, 0) is 38.1 Å². The van der Waals surface area contributed by atoms with Crippen LogP contribution in [0.15, 0.2) is 48.5 Å². The molecule has 0 amide bonds. The van der Waals surface area contributed by atoms with Crippen LogP contribution in [0.4, 0.5) is 0 Å². The third-order valence-corrected chi connectivity index (χ3v) is 3.93. The van der Waals surface area contributed by atoms with E-state index in [1.54, 1.807) is 49.4 Å². The van der Waals surface area contributed by atoms with E-state index in [4.69, 9.17) is 18.9 Å². The van der Waals surface area contributed by atoms with Gasteiger partial charge in [0.1, 0.15) is 25.1 Å². The molecule has 26 heavy (non-hydrogen) atoms. The smallest absolute Gasteiger partial charge is 0.351 e. The molecule has 0 N–H and O–H groups in total. The second kappa shape index (κ2) is 7.91. The maximum Gasteiger partial charge on any atom is 0.351 e. The van der Waals surface area contributed by atoms with Gasteiger partial charge in [-0.15, -0.1) is 0 Å². The molecule has 1 heterocycles. The summed E-state index contributed by atoms with van der Waals surface area (Å²) >= 11 is 0. The number of para-hydroxylation sites is 3. The first-order valence-corrected chi connectivity index (χ1v) is 8.38. The molecule has 3 rings (SSSR count). The van der Waals surface area contributed by atoms with Crippen molar-refractivity contribution in [2.24, 2.45) is 0 Å². The number of Topliss-reactive ketones (excluding diaryl/α,β-unsaturated/α-hetero) is 1. The number of carbonyl (C=O) groups excluding carboxylic acids is 2. The molecular weight excluding hydrogens is 336 g/mol. The van der Waals surface area contributed by atoms with E-state index < -0.39 is 18.2 Å². The van der Waals surface area contributed by atoms with Gasteiger partial charge in [0, 0.05) is 0 Å². The molecule has 0 saturated carbocycles. The number of rotatable bonds is 6. The highest BCUT2D eigenvalue weighted by molar-refractivity contribution is 5.96. The van der Waals surface area contributed by atoms with Gasteiger partial charge in [0.2, 0.25) is 6.10 Å². The Kier molecular flexibility index (Phi) is 5.41. The minimum absolute atomic E-state index is 0.0410. The quantitative estimate of drug-likeness (QED) is 0.450. The third kappa shape index (κ3) is 3.96. The van der Waals surface area contributed by atoms with Gasteiger partial charge in [0.15, 0.2) is 17.3 Å². The standard InChI is InChI=1S/C20H20O6/c1-13(21)15-7-3-4-8-16(15)23-11-12-24-20(22)19-14(2)25-17-9-5-6-10-18(17)26-19/h3-10,14,19H,11-12H2,1-2H3/t14-,19-/m0/s1. The van der Waals surface area contributed by atoms with Crippen LogP contribution in [-0.2, 0) is 9.53 Å². The van der Waals surface area contributed by atoms with Gasteiger partial charge in [-0.25, -0.2) is 4.79 Å². The second-order valence-corrected chi connectivity index (χ2v) is 5.88. The van der Waals surface area contributed by atoms with Crippen LogP contribution in [0.25, 0.3) is 0 Å². The molecule has 0 fully saturated rings. The fourth-order valence-electron chi connectivity index (χ4n) is 2.64. The van der Waals surface area contributed by atoms with E-state index in [0.29, 0.717) is 22.8 Å². The first kappa shape index (κ1) is 17.8. The van der Waals surface area contributed by atoms with Gasteiger partial charge in [0.25, 0.3) is 0 Å². The topological polar surface area (TPSA) is 71.1 Å². The highest BCUT2D eigenvalue weighted by Crippen LogP contribution is 2.33. The number of ether oxygens (including phenoxy) is 4. The van der Waals surface area contributed by atoms with E-state index in [2.05, 4.69) is 0 Å². The predicted octanol–water partition coefficient (Wildman–Crippen LogP) is 3.04. The molecule has 0 radical (unpaired) electrons. The molecule has 0 bridgehead atoms. The largest absolute Gasteiger partial charge is 0.489 e. The lowest BCUT2D eigenvalue weighted by atomic mass is 10.1. The summed E-state index contributed by atoms with van der Waals surface area (Å²) in [6.45, 7) is 3.40. The van der Waals surface area contributed by atoms with Crippen LogP contribution in [0.2, 0.25) is 0 Å². The van der Waals surface area contributed by atoms with E-state index in [1.165, 1.54) is 6.92 Å². The molecule has 6 nitrogen and oxygen atoms in total. The van der Waals surface area contributed by atoms with Crippen LogP contribution >= 0.6 is 0 Å². The van der Waals surface area contributed by atoms with Crippen molar-refractivity contribution in [3.63, 3.8) is 0 Å². The van der Waals surface area contributed by atoms with Crippen molar-refractivity contribution < 1.29 is 28.5 Å². The van der Waals surface area contributed by atoms with Crippen LogP contribution in [0.1, 0.15) is 24.2 Å². The molecule has 0 unspecified atom stereocenters. The molecular formula is C20H20O6. The average Bonchev–Trinajstić information content (AvgIpc) is 2.64. The van der Waals surface area contributed by atoms with Crippen molar-refractivity contribution in [1.29, 1.82) is 0 Å². The monoisotopic (exact) mass is 356 g/mol. The molecule has 1 aliphatic rings. The summed E-state index contributed by atoms with van der Waals surface area (Å²) in [7, 11) is 0. The Bertz CT molecular complexity index is 800. The number of ketones is 1. The maximum absolute atomic E-state index is 12.3. The minimum Gasteiger partial charge on any atom is -0.489 e. The fourth-order valence-corrected chi connectivity index (χ4v) is 2.64. The van der Waals surface area contributed by atoms with Crippen molar-refractivity contribution in [3.8, 4) is 17.2 Å². The average molecular weight is 356 g/mol. The minimum atomic E-state index is -0.839. The van der Waals surface area contributed by atoms with E-state index in [9.17, 15) is 9.59 Å². The summed E-state index contributed by atoms with van der Waals surface area (Å²) < 4.78 is 22.2. The summed E-state index contributed by atoms with van der Waals surface area (Å²) in [6.07, 6.45) is -1.30. The molecule has 0 saturated heterocycles. The van der Waals surface area contributed by atoms with Crippen molar-refractivity contribution in [2.45, 2.75) is 26.1 Å². The van der Waals surface area contributed by atoms with E-state index >= 15 is 0 Å². The lowest BCUT2D eigenvalue weighted by Crippen LogP contribution is -2.44. The van der Waals surface area contributed by atoms with E-state index in [0.717, 1.165) is 0 Å². The number of fused-ring (bicyclic) bond motifs is 1. The van der Waals surface area contributed by atoms with Gasteiger partial charge in [0.05, 0.1) is 5.56 Å². The first-order valence-electron chi connectivity index (χ1n) is 8.38. The van der Waals surface area contributed by atoms with Crippen LogP contribution in [0, 0.1) is 0 Å². The van der Waals surface area contributed by atoms with Gasteiger partial charge in [-0.2, -0.15) is 0 Å². The summed E-state index contributed by atoms with van der Waals surface area (Å²) in [6, 6.07) is 14.1. The van der Waals surface area contributed by atoms with Gasteiger partial charge in [-0.3, -0.25) is 4.79 Å². The zero-order chi connectivity index (χ0) is 18.5. The van der Waals surface area contributed by atoms with Crippen molar-refractivity contribution in [2.75, 3.05) is 13.2 Å². The van der Waals surface area contributed by atoms with Gasteiger partial charge < -0.3 is 18.9 Å². The lowest BCUT2D eigenvalue weighted by Gasteiger charge is -2.30. The molecule has 2 aromatic carbocycles. The van der Waals surface area contributed by atoms with Crippen molar-refractivity contribution in [3.05, 3.63) is 54.1 Å². The third-order valence-electron chi connectivity index (χ3n) is 3.93. The zero-order valence-corrected chi connectivity index (χ0v) is 14.6. The Morgan fingerprint density at radius 2 is 1.62 bits per heavy atom. The molecule has 2 aromatic rings. The van der Waals surface area contributed by atoms with E-state index in [1.807, 2.05) is 6.07 Å². The molecule has 136 valence electrons. The van der Waals surface area contributed by atoms with E-state index in [-0.39, 0.29) is 19.0 Å². The molecule has 0 aliphatic carbocycles. The number of benzene rings is 2. The fraction of sp³-hybridized carbons (Fsp3) is 0.300. The number of carbonyl (C=O) groups is 2. The Morgan fingerprint density at radius 1 is 0.962 bits per heavy atom. The van der Waals surface area contributed by atoms with Crippen molar-refractivity contribution >= 4 is 11.8 Å². The molecule has 0 aromatic heterocycles. The number of esters is 1. The second-order valence-electron chi connectivity index (χ2n) is 5.88. The first-order chi connectivity index (χ1) is 12.6. The van der Waals surface area contributed by atoms with Crippen molar-refractivity contribution in [1.82, 2.24) is 0 Å². The SMILES string of the molecule is CC(=O)c1ccccc1OCCOC(=O)[C@H]1Oc2ccccc2O[C@H]1C. The summed E-state index contributed by atoms with van der Waals surface area (Å²) in [5.41, 5.74) is 0.494. The lowest BCUT2D eigenvalue weighted by molar-refractivity contribution is -0.158. The molecule has 1 aliphatic heterocycles. The number of hydrogen-bond donors (Lipinski definition) is 0. The maximum atomic E-state index is 12.3. The highest BCUT2D eigenvalue weighted by atomic mass is 16.6. The van der Waals surface area contributed by atoms with Crippen LogP contribution < -0.4 is 14.2 Å². The molecule has 2 atom stereocenters. The van der Waals surface area contributed by atoms with Crippen LogP contribution in [0.5, 0.6) is 17.2 Å². The van der Waals surface area contributed by atoms with Gasteiger partial charge >= 0.3 is 5.97 Å². The van der Waals surface area contributed by atoms with Gasteiger partial charge in [-0.1, -0.05) is 24.3 Å².